The first kappa shape index (κ1) is 16.5. The highest BCUT2D eigenvalue weighted by atomic mass is 32.2. The quantitative estimate of drug-likeness (QED) is 0.743. The number of hydrogen-bond acceptors (Lipinski definition) is 4. The first-order valence-electron chi connectivity index (χ1n) is 7.83. The van der Waals surface area contributed by atoms with Crippen LogP contribution in [0, 0.1) is 5.92 Å². The van der Waals surface area contributed by atoms with Gasteiger partial charge in [0, 0.05) is 12.6 Å². The number of ether oxygens (including phenoxy) is 1. The Labute approximate surface area is 126 Å². The van der Waals surface area contributed by atoms with Gasteiger partial charge in [-0.05, 0) is 25.2 Å². The van der Waals surface area contributed by atoms with Gasteiger partial charge in [-0.3, -0.25) is 0 Å². The molecule has 0 unspecified atom stereocenters. The number of carbonyl (C=O) groups is 1. The van der Waals surface area contributed by atoms with E-state index in [-0.39, 0.29) is 23.6 Å². The maximum atomic E-state index is 11.7. The van der Waals surface area contributed by atoms with E-state index in [1.54, 1.807) is 0 Å². The summed E-state index contributed by atoms with van der Waals surface area (Å²) < 4.78 is 28.4. The Morgan fingerprint density at radius 3 is 2.67 bits per heavy atom. The van der Waals surface area contributed by atoms with Gasteiger partial charge < -0.3 is 15.4 Å². The summed E-state index contributed by atoms with van der Waals surface area (Å²) in [6.45, 7) is 3.17. The Hall–Kier alpha value is -0.820. The van der Waals surface area contributed by atoms with Crippen LogP contribution < -0.4 is 10.6 Å². The number of amides is 2. The van der Waals surface area contributed by atoms with E-state index < -0.39 is 9.84 Å². The second-order valence-electron chi connectivity index (χ2n) is 6.17. The molecule has 3 atom stereocenters. The Kier molecular flexibility index (Phi) is 5.87. The Morgan fingerprint density at radius 1 is 1.24 bits per heavy atom. The number of carbonyl (C=O) groups excluding carboxylic acids is 1. The fourth-order valence-electron chi connectivity index (χ4n) is 3.05. The second-order valence-corrected chi connectivity index (χ2v) is 8.40. The molecular weight excluding hydrogens is 292 g/mol. The Morgan fingerprint density at radius 2 is 2.00 bits per heavy atom. The predicted octanol–water partition coefficient (Wildman–Crippen LogP) is 1.07. The number of hydrogen-bond donors (Lipinski definition) is 2. The molecule has 0 aromatic rings. The standard InChI is InChI=1S/C14H26N2O4S/c1-11-4-2-3-5-13(11)20-8-7-15-14(17)16-12-6-9-21(18,19)10-12/h11-13H,2-10H2,1H3,(H2,15,16,17)/t11-,12-,13+/m1/s1. The molecule has 7 heteroatoms. The molecule has 2 rings (SSSR count). The van der Waals surface area contributed by atoms with E-state index in [0.29, 0.717) is 31.6 Å². The molecule has 1 aliphatic heterocycles. The molecule has 0 radical (unpaired) electrons. The van der Waals surface area contributed by atoms with E-state index in [2.05, 4.69) is 17.6 Å². The summed E-state index contributed by atoms with van der Waals surface area (Å²) in [6, 6.07) is -0.563. The first-order chi connectivity index (χ1) is 9.96. The van der Waals surface area contributed by atoms with Gasteiger partial charge in [0.15, 0.2) is 9.84 Å². The van der Waals surface area contributed by atoms with E-state index in [4.69, 9.17) is 4.74 Å². The van der Waals surface area contributed by atoms with E-state index >= 15 is 0 Å². The molecular formula is C14H26N2O4S. The Bertz CT molecular complexity index is 452. The van der Waals surface area contributed by atoms with Crippen LogP contribution >= 0.6 is 0 Å². The Balaban J connectivity index is 1.57. The van der Waals surface area contributed by atoms with Crippen molar-refractivity contribution in [3.63, 3.8) is 0 Å². The SMILES string of the molecule is C[C@@H]1CCCC[C@@H]1OCCNC(=O)N[C@@H]1CCS(=O)(=O)C1. The topological polar surface area (TPSA) is 84.5 Å². The molecule has 6 nitrogen and oxygen atoms in total. The second kappa shape index (κ2) is 7.45. The molecule has 2 fully saturated rings. The molecule has 1 saturated heterocycles. The highest BCUT2D eigenvalue weighted by Gasteiger charge is 2.28. The van der Waals surface area contributed by atoms with Crippen molar-refractivity contribution in [1.29, 1.82) is 0 Å². The van der Waals surface area contributed by atoms with E-state index in [9.17, 15) is 13.2 Å². The molecule has 1 aliphatic carbocycles. The predicted molar refractivity (Wildman–Crippen MR) is 81.0 cm³/mol. The number of nitrogens with one attached hydrogen (secondary N) is 2. The molecule has 1 saturated carbocycles. The zero-order chi connectivity index (χ0) is 15.3. The van der Waals surface area contributed by atoms with Gasteiger partial charge in [0.2, 0.25) is 0 Å². The van der Waals surface area contributed by atoms with Crippen molar-refractivity contribution < 1.29 is 17.9 Å². The summed E-state index contributed by atoms with van der Waals surface area (Å²) >= 11 is 0. The van der Waals surface area contributed by atoms with Crippen molar-refractivity contribution in [2.45, 2.75) is 51.2 Å². The van der Waals surface area contributed by atoms with Crippen molar-refractivity contribution in [2.24, 2.45) is 5.92 Å². The van der Waals surface area contributed by atoms with Gasteiger partial charge in [-0.1, -0.05) is 19.8 Å². The molecule has 122 valence electrons. The van der Waals surface area contributed by atoms with Crippen molar-refractivity contribution >= 4 is 15.9 Å². The summed E-state index contributed by atoms with van der Waals surface area (Å²) in [5.74, 6) is 0.813. The van der Waals surface area contributed by atoms with E-state index in [1.807, 2.05) is 0 Å². The molecule has 21 heavy (non-hydrogen) atoms. The minimum absolute atomic E-state index is 0.0521. The van der Waals surface area contributed by atoms with Gasteiger partial charge in [-0.2, -0.15) is 0 Å². The van der Waals surface area contributed by atoms with Crippen LogP contribution in [0.2, 0.25) is 0 Å². The summed E-state index contributed by atoms with van der Waals surface area (Å²) in [5.41, 5.74) is 0. The lowest BCUT2D eigenvalue weighted by Gasteiger charge is -2.28. The lowest BCUT2D eigenvalue weighted by atomic mass is 9.88. The lowest BCUT2D eigenvalue weighted by Crippen LogP contribution is -2.44. The molecule has 1 heterocycles. The molecule has 2 aliphatic rings. The van der Waals surface area contributed by atoms with Crippen LogP contribution in [0.4, 0.5) is 4.79 Å². The molecule has 2 N–H and O–H groups in total. The van der Waals surface area contributed by atoms with Crippen LogP contribution in [0.25, 0.3) is 0 Å². The normalized spacial score (nSPS) is 31.8. The van der Waals surface area contributed by atoms with Crippen molar-refractivity contribution in [1.82, 2.24) is 10.6 Å². The fraction of sp³-hybridized carbons (Fsp3) is 0.929. The lowest BCUT2D eigenvalue weighted by molar-refractivity contribution is -0.00244. The maximum absolute atomic E-state index is 11.7. The molecule has 0 aromatic heterocycles. The first-order valence-corrected chi connectivity index (χ1v) is 9.65. The van der Waals surface area contributed by atoms with Crippen LogP contribution in [-0.4, -0.2) is 51.3 Å². The highest BCUT2D eigenvalue weighted by Crippen LogP contribution is 2.25. The van der Waals surface area contributed by atoms with Crippen LogP contribution in [-0.2, 0) is 14.6 Å². The average Bonchev–Trinajstić information content (AvgIpc) is 2.76. The van der Waals surface area contributed by atoms with Gasteiger partial charge in [0.1, 0.15) is 0 Å². The minimum atomic E-state index is -2.95. The maximum Gasteiger partial charge on any atom is 0.315 e. The monoisotopic (exact) mass is 318 g/mol. The van der Waals surface area contributed by atoms with Gasteiger partial charge in [0.05, 0.1) is 24.2 Å². The van der Waals surface area contributed by atoms with Crippen molar-refractivity contribution in [3.05, 3.63) is 0 Å². The minimum Gasteiger partial charge on any atom is -0.376 e. The third-order valence-electron chi connectivity index (χ3n) is 4.32. The van der Waals surface area contributed by atoms with Crippen LogP contribution in [0.5, 0.6) is 0 Å². The molecule has 0 bridgehead atoms. The third kappa shape index (κ3) is 5.47. The smallest absolute Gasteiger partial charge is 0.315 e. The van der Waals surface area contributed by atoms with E-state index in [1.165, 1.54) is 19.3 Å². The zero-order valence-electron chi connectivity index (χ0n) is 12.6. The number of sulfone groups is 1. The molecule has 0 spiro atoms. The largest absolute Gasteiger partial charge is 0.376 e. The summed E-state index contributed by atoms with van der Waals surface area (Å²) in [4.78, 5) is 11.7. The molecule has 0 aromatic carbocycles. The van der Waals surface area contributed by atoms with Crippen LogP contribution in [0.15, 0.2) is 0 Å². The molecule has 2 amide bonds. The van der Waals surface area contributed by atoms with Crippen molar-refractivity contribution in [2.75, 3.05) is 24.7 Å². The average molecular weight is 318 g/mol. The zero-order valence-corrected chi connectivity index (χ0v) is 13.5. The summed E-state index contributed by atoms with van der Waals surface area (Å²) in [7, 11) is -2.95. The number of rotatable bonds is 5. The van der Waals surface area contributed by atoms with E-state index in [0.717, 1.165) is 6.42 Å². The van der Waals surface area contributed by atoms with Gasteiger partial charge in [0.25, 0.3) is 0 Å². The number of urea groups is 1. The summed E-state index contributed by atoms with van der Waals surface area (Å²) in [6.07, 6.45) is 5.64. The van der Waals surface area contributed by atoms with Crippen molar-refractivity contribution in [3.8, 4) is 0 Å². The van der Waals surface area contributed by atoms with Gasteiger partial charge >= 0.3 is 6.03 Å². The van der Waals surface area contributed by atoms with Crippen LogP contribution in [0.3, 0.4) is 0 Å². The highest BCUT2D eigenvalue weighted by molar-refractivity contribution is 7.91. The summed E-state index contributed by atoms with van der Waals surface area (Å²) in [5, 5.41) is 5.42. The van der Waals surface area contributed by atoms with Crippen LogP contribution in [0.1, 0.15) is 39.0 Å². The van der Waals surface area contributed by atoms with Gasteiger partial charge in [-0.25, -0.2) is 13.2 Å². The van der Waals surface area contributed by atoms with Gasteiger partial charge in [-0.15, -0.1) is 0 Å². The fourth-order valence-corrected chi connectivity index (χ4v) is 4.72. The third-order valence-corrected chi connectivity index (χ3v) is 6.09.